The van der Waals surface area contributed by atoms with Crippen LogP contribution in [0.25, 0.3) is 11.3 Å². The molecule has 4 nitrogen and oxygen atoms in total. The highest BCUT2D eigenvalue weighted by Gasteiger charge is 2.36. The van der Waals surface area contributed by atoms with Crippen LogP contribution in [0, 0.1) is 0 Å². The Bertz CT molecular complexity index is 1040. The number of aromatic nitrogens is 2. The highest BCUT2D eigenvalue weighted by Crippen LogP contribution is 2.44. The molecular weight excluding hydrogens is 394 g/mol. The first-order valence-electron chi connectivity index (χ1n) is 10.7. The quantitative estimate of drug-likeness (QED) is 0.626. The molecule has 0 amide bonds. The molecule has 0 radical (unpaired) electrons. The van der Waals surface area contributed by atoms with Crippen molar-refractivity contribution in [2.24, 2.45) is 0 Å². The predicted octanol–water partition coefficient (Wildman–Crippen LogP) is 5.01. The van der Waals surface area contributed by atoms with E-state index in [9.17, 15) is 5.11 Å². The van der Waals surface area contributed by atoms with Gasteiger partial charge in [-0.3, -0.25) is 0 Å². The van der Waals surface area contributed by atoms with Gasteiger partial charge in [-0.15, -0.1) is 0 Å². The standard InChI is InChI=1S/C25H26ClN3O/c1-16-14-21(30)24-22(16)23(28-15-29-24)17-2-4-18(5-3-17)25(10-12-27-13-11-25)19-6-8-20(26)9-7-19/h2-9,15-16,21,27,30H,10-14H2,1H3/t16-,21?/m1/s1. The van der Waals surface area contributed by atoms with E-state index >= 15 is 0 Å². The predicted molar refractivity (Wildman–Crippen MR) is 120 cm³/mol. The molecule has 0 saturated carbocycles. The molecule has 2 heterocycles. The molecule has 0 spiro atoms. The Morgan fingerprint density at radius 1 is 0.967 bits per heavy atom. The fraction of sp³-hybridized carbons (Fsp3) is 0.360. The minimum atomic E-state index is -0.487. The number of hydrogen-bond acceptors (Lipinski definition) is 4. The molecule has 1 aliphatic carbocycles. The molecule has 2 N–H and O–H groups in total. The largest absolute Gasteiger partial charge is 0.387 e. The molecule has 2 aromatic carbocycles. The van der Waals surface area contributed by atoms with Crippen molar-refractivity contribution in [3.8, 4) is 11.3 Å². The number of nitrogens with one attached hydrogen (secondary N) is 1. The van der Waals surface area contributed by atoms with Gasteiger partial charge in [-0.1, -0.05) is 54.9 Å². The summed E-state index contributed by atoms with van der Waals surface area (Å²) in [5.74, 6) is 0.260. The summed E-state index contributed by atoms with van der Waals surface area (Å²) in [6.07, 6.45) is 3.91. The van der Waals surface area contributed by atoms with E-state index in [-0.39, 0.29) is 11.3 Å². The van der Waals surface area contributed by atoms with E-state index in [0.717, 1.165) is 53.5 Å². The summed E-state index contributed by atoms with van der Waals surface area (Å²) in [5.41, 5.74) is 6.54. The summed E-state index contributed by atoms with van der Waals surface area (Å²) < 4.78 is 0. The van der Waals surface area contributed by atoms with Crippen LogP contribution in [0.1, 0.15) is 60.6 Å². The van der Waals surface area contributed by atoms with E-state index in [1.807, 2.05) is 12.1 Å². The second kappa shape index (κ2) is 7.77. The Hall–Kier alpha value is -2.27. The number of halogens is 1. The molecule has 3 aromatic rings. The first kappa shape index (κ1) is 19.7. The van der Waals surface area contributed by atoms with Crippen molar-refractivity contribution < 1.29 is 5.11 Å². The Kier molecular flexibility index (Phi) is 5.10. The van der Waals surface area contributed by atoms with E-state index < -0.39 is 6.10 Å². The van der Waals surface area contributed by atoms with Crippen molar-refractivity contribution in [2.45, 2.75) is 43.6 Å². The lowest BCUT2D eigenvalue weighted by Crippen LogP contribution is -2.40. The van der Waals surface area contributed by atoms with Gasteiger partial charge in [0, 0.05) is 21.6 Å². The Balaban J connectivity index is 1.55. The molecule has 1 unspecified atom stereocenters. The number of rotatable bonds is 3. The van der Waals surface area contributed by atoms with Crippen molar-refractivity contribution in [3.05, 3.63) is 82.3 Å². The molecule has 30 heavy (non-hydrogen) atoms. The maximum atomic E-state index is 10.3. The molecular formula is C25H26ClN3O. The zero-order valence-electron chi connectivity index (χ0n) is 17.1. The number of benzene rings is 2. The third kappa shape index (κ3) is 3.24. The monoisotopic (exact) mass is 419 g/mol. The smallest absolute Gasteiger partial charge is 0.116 e. The van der Waals surface area contributed by atoms with Crippen molar-refractivity contribution in [1.29, 1.82) is 0 Å². The Morgan fingerprint density at radius 2 is 1.60 bits per heavy atom. The molecule has 0 bridgehead atoms. The van der Waals surface area contributed by atoms with Gasteiger partial charge < -0.3 is 10.4 Å². The Morgan fingerprint density at radius 3 is 2.27 bits per heavy atom. The molecule has 5 heteroatoms. The second-order valence-electron chi connectivity index (χ2n) is 8.59. The molecule has 1 saturated heterocycles. The van der Waals surface area contributed by atoms with Crippen LogP contribution in [0.4, 0.5) is 0 Å². The zero-order valence-corrected chi connectivity index (χ0v) is 17.9. The van der Waals surface area contributed by atoms with Crippen LogP contribution in [0.5, 0.6) is 0 Å². The van der Waals surface area contributed by atoms with E-state index in [1.165, 1.54) is 11.1 Å². The number of fused-ring (bicyclic) bond motifs is 1. The summed E-state index contributed by atoms with van der Waals surface area (Å²) >= 11 is 6.16. The van der Waals surface area contributed by atoms with Crippen LogP contribution in [0.15, 0.2) is 54.9 Å². The van der Waals surface area contributed by atoms with Gasteiger partial charge in [0.2, 0.25) is 0 Å². The van der Waals surface area contributed by atoms with E-state index in [1.54, 1.807) is 6.33 Å². The lowest BCUT2D eigenvalue weighted by atomic mass is 9.68. The normalized spacial score (nSPS) is 22.6. The lowest BCUT2D eigenvalue weighted by Gasteiger charge is -2.39. The van der Waals surface area contributed by atoms with Crippen LogP contribution in [-0.4, -0.2) is 28.2 Å². The molecule has 154 valence electrons. The van der Waals surface area contributed by atoms with Crippen molar-refractivity contribution in [1.82, 2.24) is 15.3 Å². The molecule has 2 aliphatic rings. The van der Waals surface area contributed by atoms with Gasteiger partial charge in [0.1, 0.15) is 6.33 Å². The van der Waals surface area contributed by atoms with Crippen molar-refractivity contribution in [3.63, 3.8) is 0 Å². The fourth-order valence-corrected chi connectivity index (χ4v) is 5.39. The van der Waals surface area contributed by atoms with Gasteiger partial charge in [-0.2, -0.15) is 0 Å². The number of piperidine rings is 1. The van der Waals surface area contributed by atoms with Crippen molar-refractivity contribution in [2.75, 3.05) is 13.1 Å². The number of hydrogen-bond donors (Lipinski definition) is 2. The van der Waals surface area contributed by atoms with Crippen LogP contribution < -0.4 is 5.32 Å². The molecule has 1 fully saturated rings. The van der Waals surface area contributed by atoms with Gasteiger partial charge in [-0.25, -0.2) is 9.97 Å². The van der Waals surface area contributed by atoms with Crippen LogP contribution in [-0.2, 0) is 5.41 Å². The fourth-order valence-electron chi connectivity index (χ4n) is 5.27. The zero-order chi connectivity index (χ0) is 20.7. The van der Waals surface area contributed by atoms with Gasteiger partial charge in [0.05, 0.1) is 17.5 Å². The molecule has 1 aliphatic heterocycles. The topological polar surface area (TPSA) is 58.0 Å². The maximum absolute atomic E-state index is 10.3. The van der Waals surface area contributed by atoms with E-state index in [4.69, 9.17) is 11.6 Å². The van der Waals surface area contributed by atoms with E-state index in [0.29, 0.717) is 6.42 Å². The highest BCUT2D eigenvalue weighted by atomic mass is 35.5. The number of nitrogens with zero attached hydrogens (tertiary/aromatic N) is 2. The summed E-state index contributed by atoms with van der Waals surface area (Å²) in [6.45, 7) is 4.14. The number of aliphatic hydroxyl groups is 1. The summed E-state index contributed by atoms with van der Waals surface area (Å²) in [4.78, 5) is 8.93. The average Bonchev–Trinajstić information content (AvgIpc) is 3.08. The minimum absolute atomic E-state index is 0.00846. The van der Waals surface area contributed by atoms with Gasteiger partial charge >= 0.3 is 0 Å². The van der Waals surface area contributed by atoms with Crippen LogP contribution in [0.2, 0.25) is 5.02 Å². The minimum Gasteiger partial charge on any atom is -0.387 e. The third-order valence-electron chi connectivity index (χ3n) is 6.86. The molecule has 1 aromatic heterocycles. The van der Waals surface area contributed by atoms with Crippen LogP contribution in [0.3, 0.4) is 0 Å². The number of aliphatic hydroxyl groups excluding tert-OH is 1. The first-order chi connectivity index (χ1) is 14.6. The summed E-state index contributed by atoms with van der Waals surface area (Å²) in [7, 11) is 0. The SMILES string of the molecule is C[C@@H]1CC(O)c2ncnc(-c3ccc(C4(c5ccc(Cl)cc5)CCNCC4)cc3)c21. The van der Waals surface area contributed by atoms with Gasteiger partial charge in [0.25, 0.3) is 0 Å². The molecule has 2 atom stereocenters. The van der Waals surface area contributed by atoms with Crippen LogP contribution >= 0.6 is 11.6 Å². The summed E-state index contributed by atoms with van der Waals surface area (Å²) in [5, 5.41) is 14.6. The van der Waals surface area contributed by atoms with Gasteiger partial charge in [0.15, 0.2) is 0 Å². The second-order valence-corrected chi connectivity index (χ2v) is 9.03. The highest BCUT2D eigenvalue weighted by molar-refractivity contribution is 6.30. The van der Waals surface area contributed by atoms with Crippen molar-refractivity contribution >= 4 is 11.6 Å². The maximum Gasteiger partial charge on any atom is 0.116 e. The van der Waals surface area contributed by atoms with Gasteiger partial charge in [-0.05, 0) is 61.5 Å². The first-order valence-corrected chi connectivity index (χ1v) is 11.1. The average molecular weight is 420 g/mol. The summed E-state index contributed by atoms with van der Waals surface area (Å²) in [6, 6.07) is 17.2. The van der Waals surface area contributed by atoms with E-state index in [2.05, 4.69) is 58.6 Å². The molecule has 5 rings (SSSR count). The lowest BCUT2D eigenvalue weighted by molar-refractivity contribution is 0.170. The third-order valence-corrected chi connectivity index (χ3v) is 7.12. The Labute approximate surface area is 182 Å².